The Labute approximate surface area is 130 Å². The Bertz CT molecular complexity index is 708. The van der Waals surface area contributed by atoms with E-state index in [1.54, 1.807) is 7.11 Å². The molecule has 0 aromatic heterocycles. The van der Waals surface area contributed by atoms with Crippen LogP contribution in [0, 0.1) is 17.8 Å². The van der Waals surface area contributed by atoms with Gasteiger partial charge in [0.15, 0.2) is 0 Å². The van der Waals surface area contributed by atoms with Crippen LogP contribution in [-0.2, 0) is 5.41 Å². The lowest BCUT2D eigenvalue weighted by atomic mass is 9.95. The van der Waals surface area contributed by atoms with Crippen molar-refractivity contribution in [3.63, 3.8) is 0 Å². The zero-order valence-corrected chi connectivity index (χ0v) is 12.9. The highest BCUT2D eigenvalue weighted by molar-refractivity contribution is 6.30. The minimum absolute atomic E-state index is 0.143. The summed E-state index contributed by atoms with van der Waals surface area (Å²) < 4.78 is 5.15. The molecule has 0 saturated heterocycles. The number of hydrogen-bond acceptors (Lipinski definition) is 1. The third-order valence-corrected chi connectivity index (χ3v) is 4.44. The van der Waals surface area contributed by atoms with Crippen LogP contribution in [0.1, 0.15) is 24.5 Å². The number of rotatable bonds is 2. The van der Waals surface area contributed by atoms with Gasteiger partial charge in [0.1, 0.15) is 5.75 Å². The van der Waals surface area contributed by atoms with Gasteiger partial charge in [0.25, 0.3) is 0 Å². The zero-order valence-electron chi connectivity index (χ0n) is 12.2. The van der Waals surface area contributed by atoms with Crippen LogP contribution in [0.15, 0.2) is 48.5 Å². The van der Waals surface area contributed by atoms with Gasteiger partial charge in [-0.25, -0.2) is 0 Å². The van der Waals surface area contributed by atoms with Crippen LogP contribution in [0.25, 0.3) is 0 Å². The normalized spacial score (nSPS) is 23.1. The molecule has 1 nitrogen and oxygen atoms in total. The molecule has 106 valence electrons. The second-order valence-corrected chi connectivity index (χ2v) is 6.12. The maximum absolute atomic E-state index is 6.08. The van der Waals surface area contributed by atoms with Crippen molar-refractivity contribution in [3.8, 4) is 17.6 Å². The number of benzene rings is 2. The maximum atomic E-state index is 6.08. The minimum atomic E-state index is 0.143. The minimum Gasteiger partial charge on any atom is -0.497 e. The summed E-state index contributed by atoms with van der Waals surface area (Å²) in [6, 6.07) is 16.0. The first kappa shape index (κ1) is 14.0. The number of ether oxygens (including phenoxy) is 1. The summed E-state index contributed by atoms with van der Waals surface area (Å²) >= 11 is 6.08. The van der Waals surface area contributed by atoms with Crippen LogP contribution in [0.2, 0.25) is 5.02 Å². The molecule has 1 saturated carbocycles. The van der Waals surface area contributed by atoms with Crippen molar-refractivity contribution in [2.24, 2.45) is 5.92 Å². The van der Waals surface area contributed by atoms with E-state index in [-0.39, 0.29) is 5.41 Å². The summed E-state index contributed by atoms with van der Waals surface area (Å²) in [5.41, 5.74) is 2.45. The van der Waals surface area contributed by atoms with Crippen molar-refractivity contribution in [1.29, 1.82) is 0 Å². The molecule has 1 fully saturated rings. The van der Waals surface area contributed by atoms with E-state index < -0.39 is 0 Å². The smallest absolute Gasteiger partial charge is 0.118 e. The molecule has 1 aliphatic rings. The molecule has 21 heavy (non-hydrogen) atoms. The third kappa shape index (κ3) is 2.91. The lowest BCUT2D eigenvalue weighted by molar-refractivity contribution is 0.415. The highest BCUT2D eigenvalue weighted by Gasteiger charge is 2.50. The summed E-state index contributed by atoms with van der Waals surface area (Å²) in [5.74, 6) is 7.90. The molecule has 0 spiro atoms. The number of hydrogen-bond donors (Lipinski definition) is 0. The van der Waals surface area contributed by atoms with Crippen LogP contribution in [0.4, 0.5) is 0 Å². The van der Waals surface area contributed by atoms with E-state index in [1.807, 2.05) is 36.4 Å². The molecule has 1 aliphatic carbocycles. The first-order valence-electron chi connectivity index (χ1n) is 7.03. The predicted molar refractivity (Wildman–Crippen MR) is 86.8 cm³/mol. The van der Waals surface area contributed by atoms with Crippen molar-refractivity contribution in [1.82, 2.24) is 0 Å². The molecule has 0 unspecified atom stereocenters. The number of methoxy groups -OCH3 is 1. The van der Waals surface area contributed by atoms with Crippen molar-refractivity contribution in [2.75, 3.05) is 7.11 Å². The van der Waals surface area contributed by atoms with Gasteiger partial charge in [-0.3, -0.25) is 0 Å². The Kier molecular flexibility index (Phi) is 3.66. The van der Waals surface area contributed by atoms with Gasteiger partial charge in [-0.2, -0.15) is 0 Å². The molecule has 0 amide bonds. The third-order valence-electron chi connectivity index (χ3n) is 4.20. The molecular formula is C19H17ClO. The standard InChI is InChI=1S/C19H17ClO/c1-19(15-4-3-5-17(20)12-15)13-16(19)9-6-14-7-10-18(21-2)11-8-14/h3-5,7-8,10-12,16H,13H2,1-2H3/t16-,19+/m1/s1. The van der Waals surface area contributed by atoms with Crippen LogP contribution in [-0.4, -0.2) is 7.11 Å². The molecule has 2 aromatic rings. The highest BCUT2D eigenvalue weighted by atomic mass is 35.5. The fourth-order valence-electron chi connectivity index (χ4n) is 2.58. The summed E-state index contributed by atoms with van der Waals surface area (Å²) in [6.07, 6.45) is 1.09. The quantitative estimate of drug-likeness (QED) is 0.731. The van der Waals surface area contributed by atoms with Gasteiger partial charge in [0, 0.05) is 21.9 Å². The van der Waals surface area contributed by atoms with Gasteiger partial charge in [-0.05, 0) is 48.4 Å². The zero-order chi connectivity index (χ0) is 14.9. The molecule has 2 aromatic carbocycles. The average Bonchev–Trinajstić information content (AvgIpc) is 3.18. The van der Waals surface area contributed by atoms with E-state index in [0.29, 0.717) is 5.92 Å². The molecule has 0 N–H and O–H groups in total. The van der Waals surface area contributed by atoms with E-state index in [4.69, 9.17) is 16.3 Å². The molecule has 3 rings (SSSR count). The van der Waals surface area contributed by atoms with E-state index in [2.05, 4.69) is 30.9 Å². The van der Waals surface area contributed by atoms with E-state index in [9.17, 15) is 0 Å². The Morgan fingerprint density at radius 2 is 1.95 bits per heavy atom. The molecule has 0 bridgehead atoms. The van der Waals surface area contributed by atoms with Gasteiger partial charge in [-0.15, -0.1) is 0 Å². The first-order valence-corrected chi connectivity index (χ1v) is 7.41. The SMILES string of the molecule is COc1ccc(C#C[C@@H]2C[C@@]2(C)c2cccc(Cl)c2)cc1. The monoisotopic (exact) mass is 296 g/mol. The molecule has 2 heteroatoms. The summed E-state index contributed by atoms with van der Waals surface area (Å²) in [5, 5.41) is 0.794. The average molecular weight is 297 g/mol. The van der Waals surface area contributed by atoms with E-state index >= 15 is 0 Å². The second-order valence-electron chi connectivity index (χ2n) is 5.68. The molecule has 0 aliphatic heterocycles. The van der Waals surface area contributed by atoms with Gasteiger partial charge >= 0.3 is 0 Å². The molecule has 0 heterocycles. The van der Waals surface area contributed by atoms with Crippen LogP contribution in [0.3, 0.4) is 0 Å². The van der Waals surface area contributed by atoms with Crippen molar-refractivity contribution < 1.29 is 4.74 Å². The lowest BCUT2D eigenvalue weighted by Crippen LogP contribution is -2.03. The largest absolute Gasteiger partial charge is 0.497 e. The van der Waals surface area contributed by atoms with Crippen molar-refractivity contribution >= 4 is 11.6 Å². The fraction of sp³-hybridized carbons (Fsp3) is 0.263. The van der Waals surface area contributed by atoms with Crippen molar-refractivity contribution in [3.05, 3.63) is 64.7 Å². The molecular weight excluding hydrogens is 280 g/mol. The Morgan fingerprint density at radius 3 is 2.62 bits per heavy atom. The lowest BCUT2D eigenvalue weighted by Gasteiger charge is -2.09. The topological polar surface area (TPSA) is 9.23 Å². The Balaban J connectivity index is 1.75. The predicted octanol–water partition coefficient (Wildman–Crippen LogP) is 4.68. The molecule has 0 radical (unpaired) electrons. The van der Waals surface area contributed by atoms with E-state index in [0.717, 1.165) is 22.8 Å². The summed E-state index contributed by atoms with van der Waals surface area (Å²) in [7, 11) is 1.67. The van der Waals surface area contributed by atoms with Gasteiger partial charge in [0.2, 0.25) is 0 Å². The Hall–Kier alpha value is -1.91. The first-order chi connectivity index (χ1) is 10.1. The van der Waals surface area contributed by atoms with Gasteiger partial charge in [0.05, 0.1) is 7.11 Å². The second kappa shape index (κ2) is 5.47. The van der Waals surface area contributed by atoms with Crippen molar-refractivity contribution in [2.45, 2.75) is 18.8 Å². The van der Waals surface area contributed by atoms with Crippen LogP contribution in [0.5, 0.6) is 5.75 Å². The number of halogens is 1. The maximum Gasteiger partial charge on any atom is 0.118 e. The summed E-state index contributed by atoms with van der Waals surface area (Å²) in [6.45, 7) is 2.26. The van der Waals surface area contributed by atoms with Crippen LogP contribution >= 0.6 is 11.6 Å². The highest BCUT2D eigenvalue weighted by Crippen LogP contribution is 2.53. The van der Waals surface area contributed by atoms with Gasteiger partial charge < -0.3 is 4.74 Å². The fourth-order valence-corrected chi connectivity index (χ4v) is 2.77. The molecule has 2 atom stereocenters. The van der Waals surface area contributed by atoms with E-state index in [1.165, 1.54) is 5.56 Å². The van der Waals surface area contributed by atoms with Gasteiger partial charge in [-0.1, -0.05) is 42.5 Å². The van der Waals surface area contributed by atoms with Crippen LogP contribution < -0.4 is 4.74 Å². The summed E-state index contributed by atoms with van der Waals surface area (Å²) in [4.78, 5) is 0. The Morgan fingerprint density at radius 1 is 1.19 bits per heavy atom.